The molecule has 5 heteroatoms. The summed E-state index contributed by atoms with van der Waals surface area (Å²) in [6, 6.07) is 17.3. The van der Waals surface area contributed by atoms with Crippen molar-refractivity contribution in [3.63, 3.8) is 0 Å². The minimum absolute atomic E-state index is 0.0374. The highest BCUT2D eigenvalue weighted by molar-refractivity contribution is 6.10. The van der Waals surface area contributed by atoms with Crippen molar-refractivity contribution in [2.24, 2.45) is 5.92 Å². The van der Waals surface area contributed by atoms with Gasteiger partial charge in [0.05, 0.1) is 13.2 Å². The van der Waals surface area contributed by atoms with Crippen molar-refractivity contribution >= 4 is 17.7 Å². The Bertz CT molecular complexity index is 827. The average Bonchev–Trinajstić information content (AvgIpc) is 2.72. The summed E-state index contributed by atoms with van der Waals surface area (Å²) in [5.74, 6) is -3.92. The maximum atomic E-state index is 13.3. The zero-order valence-corrected chi connectivity index (χ0v) is 16.1. The van der Waals surface area contributed by atoms with E-state index in [4.69, 9.17) is 9.47 Å². The summed E-state index contributed by atoms with van der Waals surface area (Å²) in [6.07, 6.45) is 0. The van der Waals surface area contributed by atoms with Gasteiger partial charge in [0.15, 0.2) is 5.78 Å². The first-order valence-corrected chi connectivity index (χ1v) is 9.18. The van der Waals surface area contributed by atoms with Gasteiger partial charge in [0.25, 0.3) is 0 Å². The van der Waals surface area contributed by atoms with Gasteiger partial charge >= 0.3 is 11.9 Å². The number of hydrogen-bond donors (Lipinski definition) is 0. The number of hydrogen-bond acceptors (Lipinski definition) is 5. The molecular weight excluding hydrogens is 356 g/mol. The van der Waals surface area contributed by atoms with Crippen LogP contribution < -0.4 is 0 Å². The lowest BCUT2D eigenvalue weighted by molar-refractivity contribution is -0.146. The number of carbonyl (C=O) groups is 3. The van der Waals surface area contributed by atoms with Crippen molar-refractivity contribution < 1.29 is 23.9 Å². The van der Waals surface area contributed by atoms with E-state index in [1.165, 1.54) is 0 Å². The molecule has 2 rings (SSSR count). The highest BCUT2D eigenvalue weighted by Gasteiger charge is 2.41. The smallest absolute Gasteiger partial charge is 0.334 e. The molecule has 0 aliphatic heterocycles. The Morgan fingerprint density at radius 3 is 1.93 bits per heavy atom. The third-order valence-corrected chi connectivity index (χ3v) is 4.29. The number of ketones is 1. The predicted octanol–water partition coefficient (Wildman–Crippen LogP) is 3.95. The van der Waals surface area contributed by atoms with E-state index in [-0.39, 0.29) is 18.8 Å². The molecule has 0 heterocycles. The van der Waals surface area contributed by atoms with Crippen LogP contribution in [0.25, 0.3) is 0 Å². The minimum atomic E-state index is -1.25. The van der Waals surface area contributed by atoms with Gasteiger partial charge in [0.2, 0.25) is 0 Å². The Morgan fingerprint density at radius 1 is 0.857 bits per heavy atom. The fraction of sp³-hybridized carbons (Fsp3) is 0.261. The summed E-state index contributed by atoms with van der Waals surface area (Å²) in [5, 5.41) is 0. The van der Waals surface area contributed by atoms with E-state index < -0.39 is 29.6 Å². The molecule has 0 radical (unpaired) electrons. The normalized spacial score (nSPS) is 12.5. The Kier molecular flexibility index (Phi) is 7.69. The van der Waals surface area contributed by atoms with Crippen LogP contribution in [-0.4, -0.2) is 30.9 Å². The van der Waals surface area contributed by atoms with Crippen molar-refractivity contribution in [2.45, 2.75) is 19.8 Å². The van der Waals surface area contributed by atoms with Crippen LogP contribution in [-0.2, 0) is 19.1 Å². The molecule has 28 heavy (non-hydrogen) atoms. The molecule has 0 amide bonds. The highest BCUT2D eigenvalue weighted by Crippen LogP contribution is 2.35. The van der Waals surface area contributed by atoms with Crippen molar-refractivity contribution in [3.05, 3.63) is 83.9 Å². The third kappa shape index (κ3) is 4.94. The molecule has 2 aromatic carbocycles. The Labute approximate surface area is 165 Å². The Balaban J connectivity index is 2.57. The summed E-state index contributed by atoms with van der Waals surface area (Å²) in [5.41, 5.74) is 1.01. The second kappa shape index (κ2) is 10.2. The lowest BCUT2D eigenvalue weighted by Crippen LogP contribution is -2.34. The lowest BCUT2D eigenvalue weighted by Gasteiger charge is -2.26. The van der Waals surface area contributed by atoms with E-state index in [0.29, 0.717) is 11.1 Å². The summed E-state index contributed by atoms with van der Waals surface area (Å²) < 4.78 is 10.3. The van der Waals surface area contributed by atoms with E-state index in [1.807, 2.05) is 6.07 Å². The molecule has 0 unspecified atom stereocenters. The van der Waals surface area contributed by atoms with E-state index >= 15 is 0 Å². The zero-order chi connectivity index (χ0) is 20.5. The Hall–Kier alpha value is -3.21. The average molecular weight is 380 g/mol. The van der Waals surface area contributed by atoms with Gasteiger partial charge in [-0.25, -0.2) is 4.79 Å². The van der Waals surface area contributed by atoms with E-state index in [9.17, 15) is 14.4 Å². The standard InChI is InChI=1S/C23H24O5/c1-4-27-22(25)16(3)19(17-12-8-6-9-13-17)20(23(26)28-5-2)21(24)18-14-10-7-11-15-18/h6-15,19-20H,3-5H2,1-2H3/t19-,20+/m0/s1. The number of rotatable bonds is 9. The second-order valence-corrected chi connectivity index (χ2v) is 6.09. The van der Waals surface area contributed by atoms with Gasteiger partial charge in [-0.05, 0) is 19.4 Å². The SMILES string of the molecule is C=C(C(=O)OCC)[C@@H](c1ccccc1)[C@@H](C(=O)OCC)C(=O)c1ccccc1. The molecule has 0 aliphatic rings. The van der Waals surface area contributed by atoms with Crippen LogP contribution in [0.15, 0.2) is 72.8 Å². The first-order chi connectivity index (χ1) is 13.5. The second-order valence-electron chi connectivity index (χ2n) is 6.09. The van der Waals surface area contributed by atoms with Crippen LogP contribution in [0.4, 0.5) is 0 Å². The fourth-order valence-corrected chi connectivity index (χ4v) is 3.01. The quantitative estimate of drug-likeness (QED) is 0.285. The molecule has 0 aliphatic carbocycles. The molecule has 0 saturated carbocycles. The van der Waals surface area contributed by atoms with Crippen LogP contribution in [0.1, 0.15) is 35.7 Å². The van der Waals surface area contributed by atoms with Gasteiger partial charge in [-0.3, -0.25) is 9.59 Å². The molecular formula is C23H24O5. The number of ether oxygens (including phenoxy) is 2. The van der Waals surface area contributed by atoms with Crippen LogP contribution in [0.3, 0.4) is 0 Å². The first-order valence-electron chi connectivity index (χ1n) is 9.18. The molecule has 0 N–H and O–H groups in total. The highest BCUT2D eigenvalue weighted by atomic mass is 16.5. The summed E-state index contributed by atoms with van der Waals surface area (Å²) in [6.45, 7) is 7.48. The molecule has 0 aromatic heterocycles. The van der Waals surface area contributed by atoms with Gasteiger partial charge in [0, 0.05) is 17.1 Å². The van der Waals surface area contributed by atoms with Gasteiger partial charge < -0.3 is 9.47 Å². The minimum Gasteiger partial charge on any atom is -0.465 e. The van der Waals surface area contributed by atoms with Gasteiger partial charge in [-0.1, -0.05) is 67.2 Å². The lowest BCUT2D eigenvalue weighted by atomic mass is 9.77. The molecule has 0 spiro atoms. The fourth-order valence-electron chi connectivity index (χ4n) is 3.01. The molecule has 0 bridgehead atoms. The summed E-state index contributed by atoms with van der Waals surface area (Å²) >= 11 is 0. The molecule has 0 saturated heterocycles. The molecule has 2 aromatic rings. The van der Waals surface area contributed by atoms with Crippen molar-refractivity contribution in [3.8, 4) is 0 Å². The number of carbonyl (C=O) groups excluding carboxylic acids is 3. The molecule has 146 valence electrons. The largest absolute Gasteiger partial charge is 0.465 e. The van der Waals surface area contributed by atoms with Crippen LogP contribution in [0.5, 0.6) is 0 Å². The van der Waals surface area contributed by atoms with Crippen LogP contribution in [0, 0.1) is 5.92 Å². The molecule has 5 nitrogen and oxygen atoms in total. The predicted molar refractivity (Wildman–Crippen MR) is 106 cm³/mol. The monoisotopic (exact) mass is 380 g/mol. The van der Waals surface area contributed by atoms with Gasteiger partial charge in [-0.2, -0.15) is 0 Å². The third-order valence-electron chi connectivity index (χ3n) is 4.29. The molecule has 0 fully saturated rings. The van der Waals surface area contributed by atoms with Gasteiger partial charge in [-0.15, -0.1) is 0 Å². The van der Waals surface area contributed by atoms with Crippen molar-refractivity contribution in [2.75, 3.05) is 13.2 Å². The first kappa shape index (κ1) is 21.1. The number of benzene rings is 2. The zero-order valence-electron chi connectivity index (χ0n) is 16.1. The van der Waals surface area contributed by atoms with Gasteiger partial charge in [0.1, 0.15) is 5.92 Å². The van der Waals surface area contributed by atoms with Crippen molar-refractivity contribution in [1.82, 2.24) is 0 Å². The summed E-state index contributed by atoms with van der Waals surface area (Å²) in [7, 11) is 0. The Morgan fingerprint density at radius 2 is 1.39 bits per heavy atom. The maximum absolute atomic E-state index is 13.3. The van der Waals surface area contributed by atoms with E-state index in [1.54, 1.807) is 68.4 Å². The van der Waals surface area contributed by atoms with E-state index in [0.717, 1.165) is 0 Å². The molecule has 2 atom stereocenters. The van der Waals surface area contributed by atoms with Crippen LogP contribution in [0.2, 0.25) is 0 Å². The number of esters is 2. The summed E-state index contributed by atoms with van der Waals surface area (Å²) in [4.78, 5) is 38.5. The number of Topliss-reactive ketones (excluding diaryl/α,β-unsaturated/α-hetero) is 1. The maximum Gasteiger partial charge on any atom is 0.334 e. The topological polar surface area (TPSA) is 69.7 Å². The van der Waals surface area contributed by atoms with E-state index in [2.05, 4.69) is 6.58 Å². The van der Waals surface area contributed by atoms with Crippen molar-refractivity contribution in [1.29, 1.82) is 0 Å². The van der Waals surface area contributed by atoms with Crippen LogP contribution >= 0.6 is 0 Å².